The second-order valence-corrected chi connectivity index (χ2v) is 7.92. The number of hydrogen-bond acceptors (Lipinski definition) is 3. The number of piperazine rings is 1. The Bertz CT molecular complexity index is 1220. The molecular formula is C26H21F4N3O. The molecule has 1 saturated heterocycles. The Morgan fingerprint density at radius 1 is 0.941 bits per heavy atom. The van der Waals surface area contributed by atoms with E-state index in [9.17, 15) is 22.4 Å². The Morgan fingerprint density at radius 3 is 2.41 bits per heavy atom. The highest BCUT2D eigenvalue weighted by Gasteiger charge is 2.34. The van der Waals surface area contributed by atoms with Gasteiger partial charge in [-0.05, 0) is 53.9 Å². The third kappa shape index (κ3) is 5.80. The van der Waals surface area contributed by atoms with E-state index in [2.05, 4.69) is 21.7 Å². The Hall–Kier alpha value is -3.70. The number of rotatable bonds is 3. The molecule has 8 heteroatoms. The van der Waals surface area contributed by atoms with Crippen molar-refractivity contribution in [2.45, 2.75) is 12.7 Å². The lowest BCUT2D eigenvalue weighted by Crippen LogP contribution is -2.48. The zero-order valence-corrected chi connectivity index (χ0v) is 18.1. The molecule has 0 bridgehead atoms. The third-order valence-corrected chi connectivity index (χ3v) is 5.52. The number of carbonyl (C=O) groups is 1. The van der Waals surface area contributed by atoms with E-state index in [0.29, 0.717) is 38.4 Å². The Balaban J connectivity index is 1.48. The van der Waals surface area contributed by atoms with E-state index in [1.54, 1.807) is 29.2 Å². The smallest absolute Gasteiger partial charge is 0.336 e. The van der Waals surface area contributed by atoms with Crippen LogP contribution >= 0.6 is 0 Å². The number of carbonyl (C=O) groups excluding carboxylic acids is 1. The molecule has 3 aromatic rings. The second-order valence-electron chi connectivity index (χ2n) is 7.92. The van der Waals surface area contributed by atoms with Crippen LogP contribution in [0.4, 0.5) is 17.6 Å². The number of halogens is 4. The maximum atomic E-state index is 13.5. The summed E-state index contributed by atoms with van der Waals surface area (Å²) in [4.78, 5) is 20.7. The molecule has 0 unspecified atom stereocenters. The molecule has 4 rings (SSSR count). The summed E-state index contributed by atoms with van der Waals surface area (Å²) in [5, 5.41) is 0. The van der Waals surface area contributed by atoms with Gasteiger partial charge in [-0.3, -0.25) is 9.69 Å². The van der Waals surface area contributed by atoms with Gasteiger partial charge in [-0.1, -0.05) is 24.1 Å². The summed E-state index contributed by atoms with van der Waals surface area (Å²) in [6, 6.07) is 14.6. The second kappa shape index (κ2) is 10.1. The average Bonchev–Trinajstić information content (AvgIpc) is 2.83. The van der Waals surface area contributed by atoms with Crippen LogP contribution in [-0.2, 0) is 12.7 Å². The first-order valence-corrected chi connectivity index (χ1v) is 10.7. The summed E-state index contributed by atoms with van der Waals surface area (Å²) >= 11 is 0. The molecule has 4 nitrogen and oxygen atoms in total. The van der Waals surface area contributed by atoms with Gasteiger partial charge in [-0.25, -0.2) is 9.37 Å². The van der Waals surface area contributed by atoms with Crippen LogP contribution in [-0.4, -0.2) is 46.9 Å². The van der Waals surface area contributed by atoms with Gasteiger partial charge < -0.3 is 4.90 Å². The van der Waals surface area contributed by atoms with Crippen LogP contribution in [0.3, 0.4) is 0 Å². The van der Waals surface area contributed by atoms with Crippen LogP contribution in [0, 0.1) is 17.7 Å². The van der Waals surface area contributed by atoms with Crippen molar-refractivity contribution in [1.82, 2.24) is 14.8 Å². The summed E-state index contributed by atoms with van der Waals surface area (Å²) in [6.45, 7) is 2.56. The minimum atomic E-state index is -4.60. The van der Waals surface area contributed by atoms with E-state index in [-0.39, 0.29) is 22.9 Å². The molecule has 0 spiro atoms. The van der Waals surface area contributed by atoms with Crippen molar-refractivity contribution in [3.8, 4) is 11.8 Å². The summed E-state index contributed by atoms with van der Waals surface area (Å²) in [5.74, 6) is 4.52. The predicted molar refractivity (Wildman–Crippen MR) is 119 cm³/mol. The highest BCUT2D eigenvalue weighted by atomic mass is 19.4. The highest BCUT2D eigenvalue weighted by molar-refractivity contribution is 5.94. The molecule has 0 atom stereocenters. The van der Waals surface area contributed by atoms with Crippen molar-refractivity contribution in [3.05, 3.63) is 101 Å². The van der Waals surface area contributed by atoms with Crippen molar-refractivity contribution in [2.75, 3.05) is 26.2 Å². The number of amides is 1. The molecule has 2 heterocycles. The number of benzene rings is 2. The number of alkyl halides is 3. The summed E-state index contributed by atoms with van der Waals surface area (Å²) in [7, 11) is 0. The van der Waals surface area contributed by atoms with Crippen LogP contribution in [0.5, 0.6) is 0 Å². The van der Waals surface area contributed by atoms with E-state index in [1.807, 2.05) is 6.07 Å². The summed E-state index contributed by atoms with van der Waals surface area (Å²) in [5.41, 5.74) is 0.165. The predicted octanol–water partition coefficient (Wildman–Crippen LogP) is 4.60. The fourth-order valence-corrected chi connectivity index (χ4v) is 3.78. The Morgan fingerprint density at radius 2 is 1.74 bits per heavy atom. The van der Waals surface area contributed by atoms with Crippen molar-refractivity contribution < 1.29 is 22.4 Å². The quantitative estimate of drug-likeness (QED) is 0.418. The molecule has 0 saturated carbocycles. The summed E-state index contributed by atoms with van der Waals surface area (Å²) < 4.78 is 53.9. The van der Waals surface area contributed by atoms with Crippen molar-refractivity contribution in [3.63, 3.8) is 0 Å². The lowest BCUT2D eigenvalue weighted by molar-refractivity contribution is -0.137. The van der Waals surface area contributed by atoms with Gasteiger partial charge in [0.25, 0.3) is 5.91 Å². The molecule has 0 radical (unpaired) electrons. The fraction of sp³-hybridized carbons (Fsp3) is 0.231. The first-order chi connectivity index (χ1) is 16.3. The summed E-state index contributed by atoms with van der Waals surface area (Å²) in [6.07, 6.45) is -3.10. The normalized spacial score (nSPS) is 14.4. The number of pyridine rings is 1. The Labute approximate surface area is 194 Å². The van der Waals surface area contributed by atoms with Gasteiger partial charge >= 0.3 is 6.18 Å². The first-order valence-electron chi connectivity index (χ1n) is 10.7. The molecule has 2 aromatic carbocycles. The topological polar surface area (TPSA) is 36.4 Å². The van der Waals surface area contributed by atoms with E-state index in [1.165, 1.54) is 30.5 Å². The van der Waals surface area contributed by atoms with Gasteiger partial charge in [-0.2, -0.15) is 13.2 Å². The average molecular weight is 467 g/mol. The lowest BCUT2D eigenvalue weighted by Gasteiger charge is -2.35. The minimum Gasteiger partial charge on any atom is -0.336 e. The van der Waals surface area contributed by atoms with Gasteiger partial charge in [0.15, 0.2) is 0 Å². The van der Waals surface area contributed by atoms with Crippen LogP contribution in [0.25, 0.3) is 0 Å². The number of hydrogen-bond donors (Lipinski definition) is 0. The molecule has 1 aliphatic rings. The molecule has 1 fully saturated rings. The van der Waals surface area contributed by atoms with Crippen LogP contribution < -0.4 is 0 Å². The molecule has 0 aliphatic carbocycles. The molecule has 34 heavy (non-hydrogen) atoms. The molecule has 0 N–H and O–H groups in total. The zero-order chi connectivity index (χ0) is 24.1. The molecule has 1 aliphatic heterocycles. The molecule has 1 aromatic heterocycles. The standard InChI is InChI=1S/C26H21F4N3O/c27-22-5-3-4-19(16-22)18-32-12-14-33(15-13-32)25(34)21-8-10-24(26(28,29)30)20(17-21)7-9-23-6-1-2-11-31-23/h1-6,8,10-11,16-17H,12-15,18H2. The van der Waals surface area contributed by atoms with Crippen LogP contribution in [0.1, 0.15) is 32.7 Å². The fourth-order valence-electron chi connectivity index (χ4n) is 3.78. The monoisotopic (exact) mass is 467 g/mol. The van der Waals surface area contributed by atoms with Crippen molar-refractivity contribution in [2.24, 2.45) is 0 Å². The van der Waals surface area contributed by atoms with E-state index in [4.69, 9.17) is 0 Å². The van der Waals surface area contributed by atoms with Crippen molar-refractivity contribution in [1.29, 1.82) is 0 Å². The lowest BCUT2D eigenvalue weighted by atomic mass is 10.0. The molecule has 1 amide bonds. The van der Waals surface area contributed by atoms with Crippen LogP contribution in [0.15, 0.2) is 66.9 Å². The number of nitrogens with zero attached hydrogens (tertiary/aromatic N) is 3. The molecular weight excluding hydrogens is 446 g/mol. The van der Waals surface area contributed by atoms with Gasteiger partial charge in [-0.15, -0.1) is 0 Å². The van der Waals surface area contributed by atoms with E-state index < -0.39 is 11.7 Å². The van der Waals surface area contributed by atoms with E-state index >= 15 is 0 Å². The first kappa shape index (κ1) is 23.5. The maximum absolute atomic E-state index is 13.5. The minimum absolute atomic E-state index is 0.150. The van der Waals surface area contributed by atoms with Gasteiger partial charge in [0.1, 0.15) is 11.5 Å². The van der Waals surface area contributed by atoms with Gasteiger partial charge in [0.05, 0.1) is 5.56 Å². The van der Waals surface area contributed by atoms with Crippen LogP contribution in [0.2, 0.25) is 0 Å². The number of aromatic nitrogens is 1. The molecule has 174 valence electrons. The van der Waals surface area contributed by atoms with Gasteiger partial charge in [0.2, 0.25) is 0 Å². The third-order valence-electron chi connectivity index (χ3n) is 5.52. The largest absolute Gasteiger partial charge is 0.417 e. The SMILES string of the molecule is O=C(c1ccc(C(F)(F)F)c(C#Cc2ccccn2)c1)N1CCN(Cc2cccc(F)c2)CC1. The Kier molecular flexibility index (Phi) is 6.94. The van der Waals surface area contributed by atoms with E-state index in [0.717, 1.165) is 11.6 Å². The maximum Gasteiger partial charge on any atom is 0.417 e. The van der Waals surface area contributed by atoms with Crippen molar-refractivity contribution >= 4 is 5.91 Å². The zero-order valence-electron chi connectivity index (χ0n) is 18.1. The highest BCUT2D eigenvalue weighted by Crippen LogP contribution is 2.32. The van der Waals surface area contributed by atoms with Gasteiger partial charge in [0, 0.05) is 50.0 Å².